The van der Waals surface area contributed by atoms with E-state index in [1.54, 1.807) is 13.0 Å². The summed E-state index contributed by atoms with van der Waals surface area (Å²) < 4.78 is 40.9. The number of piperidine rings is 1. The Balaban J connectivity index is 1.07. The highest BCUT2D eigenvalue weighted by Gasteiger charge is 2.29. The van der Waals surface area contributed by atoms with Crippen LogP contribution < -0.4 is 5.32 Å². The Labute approximate surface area is 264 Å². The molecule has 1 aromatic carbocycles. The molecule has 13 heteroatoms. The fraction of sp³-hybridized carbons (Fsp3) is 0.500. The number of amides is 1. The van der Waals surface area contributed by atoms with Crippen LogP contribution >= 0.6 is 11.3 Å². The summed E-state index contributed by atoms with van der Waals surface area (Å²) in [5.74, 6) is 0.719. The number of rotatable bonds is 8. The molecule has 3 aromatic heterocycles. The Hall–Kier alpha value is -3.73. The molecule has 0 radical (unpaired) electrons. The van der Waals surface area contributed by atoms with E-state index in [2.05, 4.69) is 54.8 Å². The molecule has 0 atom stereocenters. The van der Waals surface area contributed by atoms with Crippen molar-refractivity contribution in [3.05, 3.63) is 52.3 Å². The predicted octanol–water partition coefficient (Wildman–Crippen LogP) is 5.17. The van der Waals surface area contributed by atoms with Crippen molar-refractivity contribution in [3.63, 3.8) is 0 Å². The Kier molecular flexibility index (Phi) is 8.99. The first-order valence-corrected chi connectivity index (χ1v) is 16.2. The van der Waals surface area contributed by atoms with E-state index in [1.165, 1.54) is 17.5 Å². The third kappa shape index (κ3) is 7.08. The van der Waals surface area contributed by atoms with Gasteiger partial charge in [-0.1, -0.05) is 6.07 Å². The standard InChI is InChI=1S/C32H37F3N8OS/c1-21-23(3-4-29-27(21)15-25(18-36)43(29)14-11-40-9-12-42(13-10-40)22(2)44)19-41-7-5-24(6-8-41)39-30-28-16-26(17-32(33,34)35)45-31(28)38-20-37-30/h3-4,15-16,20,24H,5-14,17,19H2,1-2H3,(H,37,38,39). The van der Waals surface area contributed by atoms with Crippen LogP contribution in [0.25, 0.3) is 21.1 Å². The topological polar surface area (TPSA) is 93.3 Å². The number of alkyl halides is 3. The number of aromatic nitrogens is 3. The van der Waals surface area contributed by atoms with E-state index in [4.69, 9.17) is 0 Å². The summed E-state index contributed by atoms with van der Waals surface area (Å²) in [5.41, 5.74) is 4.16. The lowest BCUT2D eigenvalue weighted by Crippen LogP contribution is -2.48. The van der Waals surface area contributed by atoms with E-state index in [0.717, 1.165) is 94.0 Å². The largest absolute Gasteiger partial charge is 0.393 e. The Morgan fingerprint density at radius 3 is 2.49 bits per heavy atom. The lowest BCUT2D eigenvalue weighted by atomic mass is 10.0. The van der Waals surface area contributed by atoms with Gasteiger partial charge < -0.3 is 14.8 Å². The summed E-state index contributed by atoms with van der Waals surface area (Å²) in [7, 11) is 0. The van der Waals surface area contributed by atoms with Gasteiger partial charge in [-0.05, 0) is 49.1 Å². The number of benzene rings is 1. The van der Waals surface area contributed by atoms with Crippen molar-refractivity contribution in [2.75, 3.05) is 51.1 Å². The van der Waals surface area contributed by atoms with Gasteiger partial charge in [-0.25, -0.2) is 9.97 Å². The van der Waals surface area contributed by atoms with Crippen molar-refractivity contribution in [1.29, 1.82) is 5.26 Å². The summed E-state index contributed by atoms with van der Waals surface area (Å²) in [6.07, 6.45) is -2.02. The van der Waals surface area contributed by atoms with Crippen molar-refractivity contribution in [2.24, 2.45) is 0 Å². The second-order valence-electron chi connectivity index (χ2n) is 12.1. The van der Waals surface area contributed by atoms with Crippen molar-refractivity contribution >= 4 is 44.2 Å². The Bertz CT molecular complexity index is 1730. The Morgan fingerprint density at radius 1 is 1.04 bits per heavy atom. The monoisotopic (exact) mass is 638 g/mol. The fourth-order valence-corrected chi connectivity index (χ4v) is 7.56. The number of hydrogen-bond acceptors (Lipinski definition) is 8. The number of nitrogens with one attached hydrogen (secondary N) is 1. The molecule has 2 fully saturated rings. The molecule has 45 heavy (non-hydrogen) atoms. The van der Waals surface area contributed by atoms with Crippen LogP contribution in [0.5, 0.6) is 0 Å². The minimum absolute atomic E-state index is 0.121. The van der Waals surface area contributed by atoms with Crippen LogP contribution in [0.1, 0.15) is 41.5 Å². The van der Waals surface area contributed by atoms with Gasteiger partial charge in [0.25, 0.3) is 0 Å². The third-order valence-corrected chi connectivity index (χ3v) is 10.2. The van der Waals surface area contributed by atoms with Crippen LogP contribution in [-0.2, 0) is 24.3 Å². The molecule has 6 rings (SSSR count). The molecule has 0 unspecified atom stereocenters. The zero-order valence-corrected chi connectivity index (χ0v) is 26.3. The number of likely N-dealkylation sites (tertiary alicyclic amines) is 1. The van der Waals surface area contributed by atoms with Gasteiger partial charge >= 0.3 is 6.18 Å². The molecule has 9 nitrogen and oxygen atoms in total. The summed E-state index contributed by atoms with van der Waals surface area (Å²) in [6.45, 7) is 11.0. The average Bonchev–Trinajstić information content (AvgIpc) is 3.59. The maximum absolute atomic E-state index is 12.9. The minimum Gasteiger partial charge on any atom is -0.367 e. The number of piperazine rings is 1. The van der Waals surface area contributed by atoms with Crippen LogP contribution in [-0.4, -0.2) is 93.2 Å². The molecule has 0 spiro atoms. The van der Waals surface area contributed by atoms with Crippen molar-refractivity contribution in [1.82, 2.24) is 29.2 Å². The van der Waals surface area contributed by atoms with E-state index in [0.29, 0.717) is 21.7 Å². The molecule has 1 N–H and O–H groups in total. The van der Waals surface area contributed by atoms with Crippen LogP contribution in [0.2, 0.25) is 0 Å². The maximum atomic E-state index is 12.9. The molecule has 0 aliphatic carbocycles. The number of nitriles is 1. The van der Waals surface area contributed by atoms with E-state index in [9.17, 15) is 23.2 Å². The summed E-state index contributed by atoms with van der Waals surface area (Å²) in [5, 5.41) is 15.1. The molecular weight excluding hydrogens is 601 g/mol. The molecule has 5 heterocycles. The fourth-order valence-electron chi connectivity index (χ4n) is 6.53. The lowest BCUT2D eigenvalue weighted by molar-refractivity contribution is -0.130. The molecule has 4 aromatic rings. The van der Waals surface area contributed by atoms with E-state index < -0.39 is 12.6 Å². The van der Waals surface area contributed by atoms with Gasteiger partial charge in [-0.2, -0.15) is 18.4 Å². The second kappa shape index (κ2) is 12.9. The molecule has 0 saturated carbocycles. The number of anilines is 1. The molecule has 238 valence electrons. The highest BCUT2D eigenvalue weighted by molar-refractivity contribution is 7.18. The zero-order chi connectivity index (χ0) is 31.7. The van der Waals surface area contributed by atoms with Gasteiger partial charge in [0, 0.05) is 87.6 Å². The number of hydrogen-bond donors (Lipinski definition) is 1. The number of halogens is 3. The molecule has 2 saturated heterocycles. The number of thiophene rings is 1. The normalized spacial score (nSPS) is 17.3. The SMILES string of the molecule is CC(=O)N1CCN(CCn2c(C#N)cc3c(C)c(CN4CCC(Nc5ncnc6sc(CC(F)(F)F)cc56)CC4)ccc32)CC1. The molecular formula is C32H37F3N8OS. The molecule has 2 aliphatic heterocycles. The van der Waals surface area contributed by atoms with Gasteiger partial charge in [0.05, 0.1) is 11.8 Å². The van der Waals surface area contributed by atoms with Crippen molar-refractivity contribution < 1.29 is 18.0 Å². The van der Waals surface area contributed by atoms with Crippen molar-refractivity contribution in [2.45, 2.75) is 58.4 Å². The first-order valence-electron chi connectivity index (χ1n) is 15.4. The van der Waals surface area contributed by atoms with E-state index in [1.807, 2.05) is 11.0 Å². The molecule has 2 aliphatic rings. The van der Waals surface area contributed by atoms with Gasteiger partial charge in [0.15, 0.2) is 0 Å². The Morgan fingerprint density at radius 2 is 1.80 bits per heavy atom. The maximum Gasteiger partial charge on any atom is 0.393 e. The molecule has 1 amide bonds. The quantitative estimate of drug-likeness (QED) is 0.285. The highest BCUT2D eigenvalue weighted by Crippen LogP contribution is 2.33. The van der Waals surface area contributed by atoms with Crippen LogP contribution in [0.4, 0.5) is 19.0 Å². The van der Waals surface area contributed by atoms with Crippen LogP contribution in [0.15, 0.2) is 30.6 Å². The van der Waals surface area contributed by atoms with Crippen LogP contribution in [0.3, 0.4) is 0 Å². The van der Waals surface area contributed by atoms with Gasteiger partial charge in [-0.15, -0.1) is 11.3 Å². The number of nitrogens with zero attached hydrogens (tertiary/aromatic N) is 7. The number of fused-ring (bicyclic) bond motifs is 2. The number of carbonyl (C=O) groups is 1. The zero-order valence-electron chi connectivity index (χ0n) is 25.5. The summed E-state index contributed by atoms with van der Waals surface area (Å²) >= 11 is 1.07. The predicted molar refractivity (Wildman–Crippen MR) is 169 cm³/mol. The van der Waals surface area contributed by atoms with Crippen molar-refractivity contribution in [3.8, 4) is 6.07 Å². The molecule has 0 bridgehead atoms. The second-order valence-corrected chi connectivity index (χ2v) is 13.2. The van der Waals surface area contributed by atoms with E-state index >= 15 is 0 Å². The number of aryl methyl sites for hydroxylation is 1. The smallest absolute Gasteiger partial charge is 0.367 e. The van der Waals surface area contributed by atoms with Gasteiger partial charge in [-0.3, -0.25) is 14.6 Å². The van der Waals surface area contributed by atoms with Gasteiger partial charge in [0.1, 0.15) is 28.7 Å². The minimum atomic E-state index is -4.26. The lowest BCUT2D eigenvalue weighted by Gasteiger charge is -2.34. The first-order chi connectivity index (χ1) is 21.6. The number of carbonyl (C=O) groups excluding carboxylic acids is 1. The van der Waals surface area contributed by atoms with Gasteiger partial charge in [0.2, 0.25) is 5.91 Å². The van der Waals surface area contributed by atoms with Crippen LogP contribution in [0, 0.1) is 18.3 Å². The average molecular weight is 639 g/mol. The third-order valence-electron chi connectivity index (χ3n) is 9.12. The summed E-state index contributed by atoms with van der Waals surface area (Å²) in [4.78, 5) is 27.7. The summed E-state index contributed by atoms with van der Waals surface area (Å²) in [6, 6.07) is 10.4. The highest BCUT2D eigenvalue weighted by atomic mass is 32.1. The first kappa shape index (κ1) is 31.3. The van der Waals surface area contributed by atoms with E-state index in [-0.39, 0.29) is 16.8 Å².